The van der Waals surface area contributed by atoms with Gasteiger partial charge in [0.2, 0.25) is 0 Å². The molecule has 1 aromatic carbocycles. The second-order valence-corrected chi connectivity index (χ2v) is 4.52. The van der Waals surface area contributed by atoms with Gasteiger partial charge in [0.25, 0.3) is 0 Å². The summed E-state index contributed by atoms with van der Waals surface area (Å²) in [5.41, 5.74) is 1.41. The zero-order valence-corrected chi connectivity index (χ0v) is 9.18. The van der Waals surface area contributed by atoms with Crippen molar-refractivity contribution in [2.45, 2.75) is 25.3 Å². The summed E-state index contributed by atoms with van der Waals surface area (Å²) in [7, 11) is 0. The lowest BCUT2D eigenvalue weighted by Gasteiger charge is -2.03. The third kappa shape index (κ3) is 3.12. The van der Waals surface area contributed by atoms with E-state index in [2.05, 4.69) is 45.5 Å². The summed E-state index contributed by atoms with van der Waals surface area (Å²) in [5.74, 6) is 0. The average molecular weight is 240 g/mol. The van der Waals surface area contributed by atoms with Crippen molar-refractivity contribution in [3.05, 3.63) is 34.3 Å². The van der Waals surface area contributed by atoms with Crippen LogP contribution in [0.5, 0.6) is 0 Å². The number of benzene rings is 1. The Hall–Kier alpha value is -0.340. The van der Waals surface area contributed by atoms with Crippen LogP contribution < -0.4 is 5.32 Å². The van der Waals surface area contributed by atoms with Crippen LogP contribution in [0, 0.1) is 0 Å². The Balaban J connectivity index is 1.79. The minimum Gasteiger partial charge on any atom is -0.314 e. The van der Waals surface area contributed by atoms with Gasteiger partial charge in [0.1, 0.15) is 0 Å². The molecule has 0 bridgehead atoms. The zero-order chi connectivity index (χ0) is 9.10. The molecule has 1 aromatic rings. The van der Waals surface area contributed by atoms with Gasteiger partial charge in [-0.3, -0.25) is 0 Å². The standard InChI is InChI=1S/C11H14BrN/c12-10-3-1-2-9(8-10)6-7-13-11-4-5-11/h1-3,8,11,13H,4-7H2. The van der Waals surface area contributed by atoms with E-state index in [0.717, 1.165) is 19.0 Å². The van der Waals surface area contributed by atoms with Crippen LogP contribution in [0.2, 0.25) is 0 Å². The molecule has 1 aliphatic rings. The van der Waals surface area contributed by atoms with E-state index in [-0.39, 0.29) is 0 Å². The first-order chi connectivity index (χ1) is 6.34. The molecule has 2 heteroatoms. The highest BCUT2D eigenvalue weighted by molar-refractivity contribution is 9.10. The minimum atomic E-state index is 0.826. The van der Waals surface area contributed by atoms with Crippen LogP contribution in [0.15, 0.2) is 28.7 Å². The number of hydrogen-bond acceptors (Lipinski definition) is 1. The third-order valence-corrected chi connectivity index (χ3v) is 2.81. The normalized spacial score (nSPS) is 16.1. The van der Waals surface area contributed by atoms with E-state index in [0.29, 0.717) is 0 Å². The summed E-state index contributed by atoms with van der Waals surface area (Å²) in [6, 6.07) is 9.36. The molecule has 0 saturated heterocycles. The molecule has 2 rings (SSSR count). The van der Waals surface area contributed by atoms with Crippen molar-refractivity contribution in [3.8, 4) is 0 Å². The predicted molar refractivity (Wildman–Crippen MR) is 58.9 cm³/mol. The monoisotopic (exact) mass is 239 g/mol. The molecule has 1 saturated carbocycles. The average Bonchev–Trinajstić information content (AvgIpc) is 2.88. The molecule has 1 nitrogen and oxygen atoms in total. The first kappa shape index (κ1) is 9.22. The van der Waals surface area contributed by atoms with Gasteiger partial charge in [-0.1, -0.05) is 28.1 Å². The fourth-order valence-electron chi connectivity index (χ4n) is 1.40. The number of nitrogens with one attached hydrogen (secondary N) is 1. The summed E-state index contributed by atoms with van der Waals surface area (Å²) in [5, 5.41) is 3.51. The Morgan fingerprint density at radius 3 is 2.92 bits per heavy atom. The smallest absolute Gasteiger partial charge is 0.0178 e. The van der Waals surface area contributed by atoms with E-state index < -0.39 is 0 Å². The fourth-order valence-corrected chi connectivity index (χ4v) is 1.85. The lowest BCUT2D eigenvalue weighted by molar-refractivity contribution is 0.682. The molecule has 0 atom stereocenters. The lowest BCUT2D eigenvalue weighted by atomic mass is 10.1. The molecule has 1 N–H and O–H groups in total. The van der Waals surface area contributed by atoms with Crippen molar-refractivity contribution >= 4 is 15.9 Å². The summed E-state index contributed by atoms with van der Waals surface area (Å²) in [6.07, 6.45) is 3.88. The molecule has 13 heavy (non-hydrogen) atoms. The Kier molecular flexibility index (Phi) is 3.01. The molecule has 0 aliphatic heterocycles. The van der Waals surface area contributed by atoms with Crippen molar-refractivity contribution in [1.29, 1.82) is 0 Å². The van der Waals surface area contributed by atoms with E-state index in [1.807, 2.05) is 0 Å². The molecule has 0 amide bonds. The van der Waals surface area contributed by atoms with Gasteiger partial charge in [0, 0.05) is 10.5 Å². The first-order valence-electron chi connectivity index (χ1n) is 4.82. The van der Waals surface area contributed by atoms with Gasteiger partial charge in [-0.05, 0) is 43.5 Å². The van der Waals surface area contributed by atoms with Crippen molar-refractivity contribution in [2.75, 3.05) is 6.54 Å². The summed E-state index contributed by atoms with van der Waals surface area (Å²) >= 11 is 3.47. The van der Waals surface area contributed by atoms with Crippen molar-refractivity contribution in [2.24, 2.45) is 0 Å². The van der Waals surface area contributed by atoms with Gasteiger partial charge < -0.3 is 5.32 Å². The molecule has 0 spiro atoms. The Morgan fingerprint density at radius 1 is 1.38 bits per heavy atom. The highest BCUT2D eigenvalue weighted by atomic mass is 79.9. The van der Waals surface area contributed by atoms with Gasteiger partial charge >= 0.3 is 0 Å². The van der Waals surface area contributed by atoms with Crippen LogP contribution in [-0.4, -0.2) is 12.6 Å². The molecule has 70 valence electrons. The maximum absolute atomic E-state index is 3.51. The zero-order valence-electron chi connectivity index (χ0n) is 7.59. The van der Waals surface area contributed by atoms with Gasteiger partial charge in [0.15, 0.2) is 0 Å². The fraction of sp³-hybridized carbons (Fsp3) is 0.455. The van der Waals surface area contributed by atoms with Crippen LogP contribution >= 0.6 is 15.9 Å². The number of halogens is 1. The molecule has 0 heterocycles. The second-order valence-electron chi connectivity index (χ2n) is 3.61. The van der Waals surface area contributed by atoms with Gasteiger partial charge in [-0.15, -0.1) is 0 Å². The van der Waals surface area contributed by atoms with Crippen LogP contribution in [0.4, 0.5) is 0 Å². The Bertz CT molecular complexity index is 281. The predicted octanol–water partition coefficient (Wildman–Crippen LogP) is 2.74. The van der Waals surface area contributed by atoms with E-state index in [4.69, 9.17) is 0 Å². The van der Waals surface area contributed by atoms with Crippen molar-refractivity contribution < 1.29 is 0 Å². The largest absolute Gasteiger partial charge is 0.314 e. The van der Waals surface area contributed by atoms with Crippen molar-refractivity contribution in [3.63, 3.8) is 0 Å². The molecule has 0 unspecified atom stereocenters. The highest BCUT2D eigenvalue weighted by Crippen LogP contribution is 2.18. The maximum atomic E-state index is 3.51. The van der Waals surface area contributed by atoms with E-state index in [1.54, 1.807) is 0 Å². The Morgan fingerprint density at radius 2 is 2.23 bits per heavy atom. The van der Waals surface area contributed by atoms with Crippen molar-refractivity contribution in [1.82, 2.24) is 5.32 Å². The number of rotatable bonds is 4. The van der Waals surface area contributed by atoms with Gasteiger partial charge in [-0.25, -0.2) is 0 Å². The minimum absolute atomic E-state index is 0.826. The third-order valence-electron chi connectivity index (χ3n) is 2.31. The summed E-state index contributed by atoms with van der Waals surface area (Å²) in [6.45, 7) is 1.11. The molecule has 1 aliphatic carbocycles. The molecule has 0 radical (unpaired) electrons. The van der Waals surface area contributed by atoms with Crippen LogP contribution in [0.3, 0.4) is 0 Å². The van der Waals surface area contributed by atoms with Crippen LogP contribution in [0.1, 0.15) is 18.4 Å². The van der Waals surface area contributed by atoms with Crippen LogP contribution in [-0.2, 0) is 6.42 Å². The quantitative estimate of drug-likeness (QED) is 0.853. The first-order valence-corrected chi connectivity index (χ1v) is 5.62. The maximum Gasteiger partial charge on any atom is 0.0178 e. The van der Waals surface area contributed by atoms with E-state index >= 15 is 0 Å². The second kappa shape index (κ2) is 4.25. The SMILES string of the molecule is Brc1cccc(CCNC2CC2)c1. The molecular weight excluding hydrogens is 226 g/mol. The molecular formula is C11H14BrN. The molecule has 1 fully saturated rings. The van der Waals surface area contributed by atoms with Gasteiger partial charge in [0.05, 0.1) is 0 Å². The molecule has 0 aromatic heterocycles. The Labute approximate surface area is 87.7 Å². The lowest BCUT2D eigenvalue weighted by Crippen LogP contribution is -2.19. The summed E-state index contributed by atoms with van der Waals surface area (Å²) < 4.78 is 1.18. The van der Waals surface area contributed by atoms with Gasteiger partial charge in [-0.2, -0.15) is 0 Å². The highest BCUT2D eigenvalue weighted by Gasteiger charge is 2.19. The van der Waals surface area contributed by atoms with Crippen LogP contribution in [0.25, 0.3) is 0 Å². The topological polar surface area (TPSA) is 12.0 Å². The van der Waals surface area contributed by atoms with E-state index in [1.165, 1.54) is 22.9 Å². The van der Waals surface area contributed by atoms with E-state index in [9.17, 15) is 0 Å². The summed E-state index contributed by atoms with van der Waals surface area (Å²) in [4.78, 5) is 0. The number of hydrogen-bond donors (Lipinski definition) is 1.